The molecule has 0 unspecified atom stereocenters. The molecule has 0 fully saturated rings. The van der Waals surface area contributed by atoms with Crippen LogP contribution in [0.15, 0.2) is 40.0 Å². The molecule has 1 aliphatic rings. The molecule has 0 spiro atoms. The summed E-state index contributed by atoms with van der Waals surface area (Å²) in [5, 5.41) is 7.05. The van der Waals surface area contributed by atoms with Crippen LogP contribution in [0.5, 0.6) is 0 Å². The maximum atomic E-state index is 12.2. The Hall–Kier alpha value is -2.98. The van der Waals surface area contributed by atoms with E-state index in [4.69, 9.17) is 10.9 Å². The zero-order valence-electron chi connectivity index (χ0n) is 11.4. The first-order chi connectivity index (χ1) is 10.7. The van der Waals surface area contributed by atoms with Crippen LogP contribution in [0.1, 0.15) is 20.7 Å². The number of imide groups is 1. The van der Waals surface area contributed by atoms with Crippen molar-refractivity contribution in [3.63, 3.8) is 0 Å². The van der Waals surface area contributed by atoms with Gasteiger partial charge < -0.3 is 5.73 Å². The second kappa shape index (κ2) is 4.76. The molecule has 1 aliphatic heterocycles. The van der Waals surface area contributed by atoms with Crippen LogP contribution in [-0.4, -0.2) is 24.8 Å². The fraction of sp³-hybridized carbons (Fsp3) is 0. The number of primary sulfonamides is 1. The van der Waals surface area contributed by atoms with Gasteiger partial charge in [0.1, 0.15) is 5.82 Å². The minimum absolute atomic E-state index is 0.0880. The maximum Gasteiger partial charge on any atom is 0.262 e. The van der Waals surface area contributed by atoms with Crippen molar-refractivity contribution in [3.8, 4) is 5.69 Å². The van der Waals surface area contributed by atoms with E-state index >= 15 is 0 Å². The lowest BCUT2D eigenvalue weighted by atomic mass is 10.1. The monoisotopic (exact) mass is 334 g/mol. The van der Waals surface area contributed by atoms with Crippen molar-refractivity contribution in [3.05, 3.63) is 51.8 Å². The van der Waals surface area contributed by atoms with Gasteiger partial charge in [-0.2, -0.15) is 0 Å². The summed E-state index contributed by atoms with van der Waals surface area (Å²) in [6, 6.07) is 6.04. The number of rotatable bonds is 2. The van der Waals surface area contributed by atoms with Gasteiger partial charge in [-0.25, -0.2) is 13.6 Å². The zero-order chi connectivity index (χ0) is 16.9. The number of nitrogens with two attached hydrogens (primary N) is 2. The quantitative estimate of drug-likeness (QED) is 0.595. The van der Waals surface area contributed by atoms with Gasteiger partial charge >= 0.3 is 0 Å². The molecule has 10 heteroatoms. The maximum absolute atomic E-state index is 12.2. The number of nitrogens with zero attached hydrogens (tertiary/aromatic N) is 1. The van der Waals surface area contributed by atoms with Gasteiger partial charge in [-0.05, 0) is 24.3 Å². The molecule has 2 aromatic rings. The highest BCUT2D eigenvalue weighted by atomic mass is 32.2. The molecule has 118 valence electrons. The predicted octanol–water partition coefficient (Wildman–Crippen LogP) is -1.05. The summed E-state index contributed by atoms with van der Waals surface area (Å²) in [5.74, 6) is -1.60. The van der Waals surface area contributed by atoms with Gasteiger partial charge in [0.15, 0.2) is 0 Å². The first-order valence-corrected chi connectivity index (χ1v) is 7.79. The predicted molar refractivity (Wildman–Crippen MR) is 79.6 cm³/mol. The first kappa shape index (κ1) is 14.9. The average Bonchev–Trinajstić information content (AvgIpc) is 2.73. The van der Waals surface area contributed by atoms with Crippen molar-refractivity contribution in [1.29, 1.82) is 0 Å². The second-order valence-electron chi connectivity index (χ2n) is 4.81. The summed E-state index contributed by atoms with van der Waals surface area (Å²) >= 11 is 0. The van der Waals surface area contributed by atoms with E-state index in [2.05, 4.69) is 5.32 Å². The fourth-order valence-electron chi connectivity index (χ4n) is 2.33. The minimum Gasteiger partial charge on any atom is -0.384 e. The third-order valence-electron chi connectivity index (χ3n) is 3.38. The Balaban J connectivity index is 2.23. The molecular weight excluding hydrogens is 324 g/mol. The number of aromatic nitrogens is 1. The van der Waals surface area contributed by atoms with E-state index in [1.807, 2.05) is 0 Å². The second-order valence-corrected chi connectivity index (χ2v) is 6.38. The van der Waals surface area contributed by atoms with Crippen LogP contribution < -0.4 is 21.7 Å². The van der Waals surface area contributed by atoms with E-state index in [9.17, 15) is 22.8 Å². The zero-order valence-corrected chi connectivity index (χ0v) is 12.3. The summed E-state index contributed by atoms with van der Waals surface area (Å²) < 4.78 is 23.5. The van der Waals surface area contributed by atoms with Crippen molar-refractivity contribution in [2.75, 3.05) is 5.73 Å². The van der Waals surface area contributed by atoms with Crippen molar-refractivity contribution in [2.24, 2.45) is 5.14 Å². The van der Waals surface area contributed by atoms with E-state index in [0.29, 0.717) is 0 Å². The summed E-state index contributed by atoms with van der Waals surface area (Å²) in [6.45, 7) is 0. The van der Waals surface area contributed by atoms with E-state index in [1.54, 1.807) is 0 Å². The van der Waals surface area contributed by atoms with Crippen LogP contribution in [0.3, 0.4) is 0 Å². The van der Waals surface area contributed by atoms with Crippen LogP contribution in [0.4, 0.5) is 5.82 Å². The molecule has 5 N–H and O–H groups in total. The number of carbonyl (C=O) groups is 2. The molecule has 0 radical (unpaired) electrons. The van der Waals surface area contributed by atoms with Crippen molar-refractivity contribution < 1.29 is 18.0 Å². The third kappa shape index (κ3) is 2.29. The van der Waals surface area contributed by atoms with E-state index in [-0.39, 0.29) is 27.5 Å². The van der Waals surface area contributed by atoms with Crippen LogP contribution >= 0.6 is 0 Å². The van der Waals surface area contributed by atoms with Gasteiger partial charge in [0.2, 0.25) is 10.0 Å². The third-order valence-corrected chi connectivity index (χ3v) is 4.31. The van der Waals surface area contributed by atoms with Gasteiger partial charge in [-0.3, -0.25) is 24.3 Å². The highest BCUT2D eigenvalue weighted by Crippen LogP contribution is 2.23. The van der Waals surface area contributed by atoms with Crippen LogP contribution in [0.25, 0.3) is 5.69 Å². The number of nitrogens with one attached hydrogen (secondary N) is 1. The van der Waals surface area contributed by atoms with E-state index < -0.39 is 27.4 Å². The molecule has 3 rings (SSSR count). The average molecular weight is 334 g/mol. The molecule has 23 heavy (non-hydrogen) atoms. The molecule has 0 bridgehead atoms. The Kier molecular flexibility index (Phi) is 3.09. The molecule has 0 atom stereocenters. The van der Waals surface area contributed by atoms with Gasteiger partial charge in [-0.1, -0.05) is 0 Å². The Morgan fingerprint density at radius 1 is 1.00 bits per heavy atom. The lowest BCUT2D eigenvalue weighted by Crippen LogP contribution is -2.24. The molecule has 0 saturated carbocycles. The molecule has 0 aliphatic carbocycles. The Morgan fingerprint density at radius 3 is 2.17 bits per heavy atom. The Morgan fingerprint density at radius 2 is 1.61 bits per heavy atom. The molecule has 2 amide bonds. The van der Waals surface area contributed by atoms with Gasteiger partial charge in [0, 0.05) is 6.07 Å². The van der Waals surface area contributed by atoms with E-state index in [1.165, 1.54) is 24.3 Å². The standard InChI is InChI=1S/C13H10N4O5S/c14-11-10-8(12(19)16-13(10)20)5-9(18)17(11)6-1-3-7(4-2-6)23(15,21)22/h1-5H,14H2,(H2,15,21,22)(H,16,19,20). The smallest absolute Gasteiger partial charge is 0.262 e. The van der Waals surface area contributed by atoms with Crippen molar-refractivity contribution in [1.82, 2.24) is 9.88 Å². The van der Waals surface area contributed by atoms with Gasteiger partial charge in [0.25, 0.3) is 17.4 Å². The SMILES string of the molecule is Nc1c2c(cc(=O)n1-c1ccc(S(N)(=O)=O)cc1)C(=O)NC2=O. The largest absolute Gasteiger partial charge is 0.384 e. The number of carbonyl (C=O) groups excluding carboxylic acids is 2. The van der Waals surface area contributed by atoms with Crippen LogP contribution in [0.2, 0.25) is 0 Å². The summed E-state index contributed by atoms with van der Waals surface area (Å²) in [7, 11) is -3.88. The van der Waals surface area contributed by atoms with Crippen LogP contribution in [-0.2, 0) is 10.0 Å². The minimum atomic E-state index is -3.88. The first-order valence-electron chi connectivity index (χ1n) is 6.24. The Labute approximate surface area is 129 Å². The summed E-state index contributed by atoms with van der Waals surface area (Å²) in [5.41, 5.74) is 5.27. The lowest BCUT2D eigenvalue weighted by Gasteiger charge is -2.12. The number of fused-ring (bicyclic) bond motifs is 1. The molecule has 9 nitrogen and oxygen atoms in total. The number of sulfonamides is 1. The number of pyridine rings is 1. The summed E-state index contributed by atoms with van der Waals surface area (Å²) in [4.78, 5) is 35.4. The topological polar surface area (TPSA) is 154 Å². The van der Waals surface area contributed by atoms with Crippen molar-refractivity contribution in [2.45, 2.75) is 4.90 Å². The highest BCUT2D eigenvalue weighted by Gasteiger charge is 2.31. The number of amides is 2. The Bertz CT molecular complexity index is 1020. The molecule has 2 heterocycles. The van der Waals surface area contributed by atoms with Gasteiger partial charge in [0.05, 0.1) is 21.7 Å². The molecule has 1 aromatic carbocycles. The normalized spacial score (nSPS) is 13.8. The van der Waals surface area contributed by atoms with Crippen molar-refractivity contribution >= 4 is 27.7 Å². The molecular formula is C13H10N4O5S. The number of benzene rings is 1. The van der Waals surface area contributed by atoms with Gasteiger partial charge in [-0.15, -0.1) is 0 Å². The number of hydrogen-bond acceptors (Lipinski definition) is 6. The highest BCUT2D eigenvalue weighted by molar-refractivity contribution is 7.89. The molecule has 1 aromatic heterocycles. The lowest BCUT2D eigenvalue weighted by molar-refractivity contribution is 0.0880. The number of nitrogen functional groups attached to an aromatic ring is 1. The fourth-order valence-corrected chi connectivity index (χ4v) is 2.85. The molecule has 0 saturated heterocycles. The number of anilines is 1. The number of hydrogen-bond donors (Lipinski definition) is 3. The van der Waals surface area contributed by atoms with Crippen LogP contribution in [0, 0.1) is 0 Å². The van der Waals surface area contributed by atoms with E-state index in [0.717, 1.165) is 10.6 Å². The summed E-state index contributed by atoms with van der Waals surface area (Å²) in [6.07, 6.45) is 0.